The molecule has 2 aromatic rings. The maximum atomic E-state index is 13.4. The molecule has 1 fully saturated rings. The van der Waals surface area contributed by atoms with Gasteiger partial charge in [-0.05, 0) is 55.2 Å². The zero-order valence-electron chi connectivity index (χ0n) is 18.4. The largest absolute Gasteiger partial charge is 0.496 e. The van der Waals surface area contributed by atoms with Crippen molar-refractivity contribution in [3.05, 3.63) is 58.6 Å². The summed E-state index contributed by atoms with van der Waals surface area (Å²) in [6.07, 6.45) is 3.49. The van der Waals surface area contributed by atoms with Crippen molar-refractivity contribution >= 4 is 33.4 Å². The Morgan fingerprint density at radius 3 is 2.36 bits per heavy atom. The fourth-order valence-corrected chi connectivity index (χ4v) is 6.32. The lowest BCUT2D eigenvalue weighted by molar-refractivity contribution is 0.0951. The smallest absolute Gasteiger partial charge is 0.313 e. The average molecular weight is 494 g/mol. The molecule has 178 valence electrons. The first-order chi connectivity index (χ1) is 15.7. The van der Waals surface area contributed by atoms with Crippen molar-refractivity contribution in [3.8, 4) is 5.75 Å². The summed E-state index contributed by atoms with van der Waals surface area (Å²) in [4.78, 5) is 22.8. The van der Waals surface area contributed by atoms with Crippen LogP contribution < -0.4 is 21.1 Å². The molecule has 0 unspecified atom stereocenters. The molecule has 0 saturated heterocycles. The van der Waals surface area contributed by atoms with Crippen molar-refractivity contribution in [2.24, 2.45) is 5.73 Å². The van der Waals surface area contributed by atoms with E-state index in [0.29, 0.717) is 55.0 Å². The molecule has 8 nitrogen and oxygen atoms in total. The lowest BCUT2D eigenvalue weighted by Gasteiger charge is -2.36. The second-order valence-corrected chi connectivity index (χ2v) is 10.7. The highest BCUT2D eigenvalue weighted by atomic mass is 35.5. The van der Waals surface area contributed by atoms with E-state index >= 15 is 0 Å². The molecule has 4 N–H and O–H groups in total. The maximum Gasteiger partial charge on any atom is 0.313 e. The van der Waals surface area contributed by atoms with Crippen molar-refractivity contribution in [3.63, 3.8) is 0 Å². The van der Waals surface area contributed by atoms with Crippen LogP contribution in [0.25, 0.3) is 0 Å². The number of carbonyl (C=O) groups is 2. The van der Waals surface area contributed by atoms with Crippen LogP contribution in [0.15, 0.2) is 47.4 Å². The molecule has 10 heteroatoms. The first-order valence-corrected chi connectivity index (χ1v) is 12.6. The predicted molar refractivity (Wildman–Crippen MR) is 126 cm³/mol. The minimum absolute atomic E-state index is 0.134. The van der Waals surface area contributed by atoms with Gasteiger partial charge in [0.2, 0.25) is 9.84 Å². The third-order valence-electron chi connectivity index (χ3n) is 5.87. The highest BCUT2D eigenvalue weighted by Gasteiger charge is 2.46. The van der Waals surface area contributed by atoms with E-state index in [9.17, 15) is 18.0 Å². The topological polar surface area (TPSA) is 128 Å². The molecular weight excluding hydrogens is 466 g/mol. The number of ether oxygens (including phenoxy) is 1. The van der Waals surface area contributed by atoms with Crippen LogP contribution in [-0.4, -0.2) is 38.9 Å². The number of halogens is 1. The van der Waals surface area contributed by atoms with Crippen molar-refractivity contribution < 1.29 is 22.7 Å². The maximum absolute atomic E-state index is 13.4. The molecule has 0 atom stereocenters. The Morgan fingerprint density at radius 2 is 1.76 bits per heavy atom. The number of urea groups is 1. The second-order valence-electron chi connectivity index (χ2n) is 8.04. The Morgan fingerprint density at radius 1 is 1.09 bits per heavy atom. The van der Waals surface area contributed by atoms with Crippen LogP contribution in [0.2, 0.25) is 5.02 Å². The summed E-state index contributed by atoms with van der Waals surface area (Å²) in [6.45, 7) is 0.341. The Kier molecular flexibility index (Phi) is 7.86. The number of nitrogens with two attached hydrogens (primary N) is 1. The van der Waals surface area contributed by atoms with Gasteiger partial charge in [0.25, 0.3) is 5.91 Å². The standard InChI is InChI=1S/C23H28ClN3O5S/c1-32-20-10-7-17(24)15-19(20)21(28)26-14-11-16-5-8-18(9-6-16)33(30,31)23(27-22(25)29)12-3-2-4-13-23/h5-10,15H,2-4,11-14H2,1H3,(H,26,28)(H3,25,27,29). The highest BCUT2D eigenvalue weighted by molar-refractivity contribution is 7.92. The molecule has 0 aliphatic heterocycles. The Labute approximate surface area is 198 Å². The Bertz CT molecular complexity index is 1110. The zero-order chi connectivity index (χ0) is 24.1. The minimum atomic E-state index is -3.83. The number of carbonyl (C=O) groups excluding carboxylic acids is 2. The number of amides is 3. The van der Waals surface area contributed by atoms with Crippen molar-refractivity contribution in [2.45, 2.75) is 48.3 Å². The molecule has 33 heavy (non-hydrogen) atoms. The molecule has 3 rings (SSSR count). The van der Waals surface area contributed by atoms with E-state index in [1.807, 2.05) is 0 Å². The normalized spacial score (nSPS) is 15.5. The highest BCUT2D eigenvalue weighted by Crippen LogP contribution is 2.37. The molecule has 0 bridgehead atoms. The third-order valence-corrected chi connectivity index (χ3v) is 8.53. The zero-order valence-corrected chi connectivity index (χ0v) is 20.0. The lowest BCUT2D eigenvalue weighted by atomic mass is 9.95. The van der Waals surface area contributed by atoms with E-state index in [1.54, 1.807) is 24.3 Å². The van der Waals surface area contributed by atoms with Crippen LogP contribution in [-0.2, 0) is 16.3 Å². The molecule has 1 aliphatic carbocycles. The summed E-state index contributed by atoms with van der Waals surface area (Å²) in [5.74, 6) is 0.109. The Balaban J connectivity index is 1.67. The molecule has 1 aliphatic rings. The van der Waals surface area contributed by atoms with E-state index < -0.39 is 20.7 Å². The quantitative estimate of drug-likeness (QED) is 0.519. The van der Waals surface area contributed by atoms with Crippen LogP contribution >= 0.6 is 11.6 Å². The molecule has 2 aromatic carbocycles. The summed E-state index contributed by atoms with van der Waals surface area (Å²) in [6, 6.07) is 10.4. The predicted octanol–water partition coefficient (Wildman–Crippen LogP) is 3.42. The minimum Gasteiger partial charge on any atom is -0.496 e. The average Bonchev–Trinajstić information content (AvgIpc) is 2.79. The van der Waals surface area contributed by atoms with E-state index in [-0.39, 0.29) is 10.8 Å². The number of hydrogen-bond acceptors (Lipinski definition) is 5. The van der Waals surface area contributed by atoms with Gasteiger partial charge in [0.1, 0.15) is 10.6 Å². The second kappa shape index (κ2) is 10.4. The molecule has 0 spiro atoms. The van der Waals surface area contributed by atoms with Gasteiger partial charge in [-0.25, -0.2) is 13.2 Å². The fourth-order valence-electron chi connectivity index (χ4n) is 4.14. The van der Waals surface area contributed by atoms with Crippen molar-refractivity contribution in [2.75, 3.05) is 13.7 Å². The first kappa shape index (κ1) is 24.9. The number of nitrogens with one attached hydrogen (secondary N) is 2. The van der Waals surface area contributed by atoms with Crippen LogP contribution in [0.5, 0.6) is 5.75 Å². The van der Waals surface area contributed by atoms with Gasteiger partial charge in [0.05, 0.1) is 17.6 Å². The van der Waals surface area contributed by atoms with E-state index in [2.05, 4.69) is 10.6 Å². The van der Waals surface area contributed by atoms with Gasteiger partial charge >= 0.3 is 6.03 Å². The van der Waals surface area contributed by atoms with E-state index in [4.69, 9.17) is 22.1 Å². The summed E-state index contributed by atoms with van der Waals surface area (Å²) < 4.78 is 31.9. The van der Waals surface area contributed by atoms with Crippen molar-refractivity contribution in [1.82, 2.24) is 10.6 Å². The van der Waals surface area contributed by atoms with Gasteiger partial charge in [-0.1, -0.05) is 43.0 Å². The van der Waals surface area contributed by atoms with Gasteiger partial charge < -0.3 is 21.1 Å². The number of sulfone groups is 1. The number of rotatable bonds is 8. The van der Waals surface area contributed by atoms with Gasteiger partial charge in [-0.15, -0.1) is 0 Å². The lowest BCUT2D eigenvalue weighted by Crippen LogP contribution is -2.56. The Hall–Kier alpha value is -2.78. The first-order valence-electron chi connectivity index (χ1n) is 10.7. The number of hydrogen-bond donors (Lipinski definition) is 3. The molecule has 0 radical (unpaired) electrons. The molecule has 0 aromatic heterocycles. The molecule has 1 saturated carbocycles. The van der Waals surface area contributed by atoms with E-state index in [1.165, 1.54) is 25.3 Å². The molecule has 3 amide bonds. The number of primary amides is 1. The molecule has 0 heterocycles. The number of methoxy groups -OCH3 is 1. The van der Waals surface area contributed by atoms with Crippen LogP contribution in [0, 0.1) is 0 Å². The van der Waals surface area contributed by atoms with Gasteiger partial charge in [-0.2, -0.15) is 0 Å². The summed E-state index contributed by atoms with van der Waals surface area (Å²) >= 11 is 5.98. The molecular formula is C23H28ClN3O5S. The van der Waals surface area contributed by atoms with Gasteiger partial charge in [-0.3, -0.25) is 4.79 Å². The van der Waals surface area contributed by atoms with Gasteiger partial charge in [0, 0.05) is 11.6 Å². The van der Waals surface area contributed by atoms with Crippen LogP contribution in [0.3, 0.4) is 0 Å². The summed E-state index contributed by atoms with van der Waals surface area (Å²) in [5, 5.41) is 5.75. The van der Waals surface area contributed by atoms with Crippen LogP contribution in [0.4, 0.5) is 4.79 Å². The van der Waals surface area contributed by atoms with E-state index in [0.717, 1.165) is 12.0 Å². The third kappa shape index (κ3) is 5.59. The van der Waals surface area contributed by atoms with Crippen molar-refractivity contribution in [1.29, 1.82) is 0 Å². The SMILES string of the molecule is COc1ccc(Cl)cc1C(=O)NCCc1ccc(S(=O)(=O)C2(NC(N)=O)CCCCC2)cc1. The monoisotopic (exact) mass is 493 g/mol. The number of benzene rings is 2. The van der Waals surface area contributed by atoms with Gasteiger partial charge in [0.15, 0.2) is 0 Å². The van der Waals surface area contributed by atoms with Crippen LogP contribution in [0.1, 0.15) is 48.0 Å². The summed E-state index contributed by atoms with van der Waals surface area (Å²) in [5.41, 5.74) is 6.48. The summed E-state index contributed by atoms with van der Waals surface area (Å²) in [7, 11) is -2.35. The fraction of sp³-hybridized carbons (Fsp3) is 0.391.